The van der Waals surface area contributed by atoms with Crippen LogP contribution in [0.2, 0.25) is 5.02 Å². The Morgan fingerprint density at radius 3 is 2.08 bits per heavy atom. The molecule has 1 aromatic carbocycles. The minimum absolute atomic E-state index is 0.128. The Labute approximate surface area is 151 Å². The lowest BCUT2D eigenvalue weighted by Crippen LogP contribution is -2.46. The highest BCUT2D eigenvalue weighted by atomic mass is 35.5. The van der Waals surface area contributed by atoms with Gasteiger partial charge in [0.25, 0.3) is 0 Å². The zero-order valence-corrected chi connectivity index (χ0v) is 14.6. The molecular weight excluding hydrogens is 340 g/mol. The van der Waals surface area contributed by atoms with Gasteiger partial charge >= 0.3 is 0 Å². The number of carbonyl (C=O) groups excluding carboxylic acids is 3. The second kappa shape index (κ2) is 5.99. The molecule has 1 heterocycles. The number of carbonyl (C=O) groups is 3. The number of nitrogens with one attached hydrogen (secondary N) is 1. The van der Waals surface area contributed by atoms with E-state index >= 15 is 0 Å². The molecular formula is C19H19ClN2O3. The van der Waals surface area contributed by atoms with Crippen molar-refractivity contribution in [3.05, 3.63) is 41.4 Å². The highest BCUT2D eigenvalue weighted by molar-refractivity contribution is 6.30. The number of allylic oxidation sites excluding steroid dienone is 2. The summed E-state index contributed by atoms with van der Waals surface area (Å²) in [6.07, 6.45) is 6.03. The van der Waals surface area contributed by atoms with Crippen molar-refractivity contribution >= 4 is 35.0 Å². The fraction of sp³-hybridized carbons (Fsp3) is 0.421. The van der Waals surface area contributed by atoms with Crippen molar-refractivity contribution in [1.82, 2.24) is 4.90 Å². The number of hydrogen-bond acceptors (Lipinski definition) is 3. The van der Waals surface area contributed by atoms with Gasteiger partial charge in [0.05, 0.1) is 11.8 Å². The predicted octanol–water partition coefficient (Wildman–Crippen LogP) is 2.86. The lowest BCUT2D eigenvalue weighted by Gasteiger charge is -2.38. The predicted molar refractivity (Wildman–Crippen MR) is 93.7 cm³/mol. The first-order chi connectivity index (χ1) is 12.0. The van der Waals surface area contributed by atoms with E-state index < -0.39 is 6.04 Å². The van der Waals surface area contributed by atoms with E-state index in [1.165, 1.54) is 4.90 Å². The van der Waals surface area contributed by atoms with Gasteiger partial charge in [-0.25, -0.2) is 0 Å². The van der Waals surface area contributed by atoms with Crippen LogP contribution in [-0.2, 0) is 14.4 Å². The maximum Gasteiger partial charge on any atom is 0.247 e. The zero-order valence-electron chi connectivity index (χ0n) is 13.8. The van der Waals surface area contributed by atoms with Crippen LogP contribution in [-0.4, -0.2) is 28.7 Å². The smallest absolute Gasteiger partial charge is 0.247 e. The average Bonchev–Trinajstić information content (AvgIpc) is 2.90. The van der Waals surface area contributed by atoms with Gasteiger partial charge in [-0.2, -0.15) is 0 Å². The Balaban J connectivity index is 1.53. The molecule has 3 aliphatic carbocycles. The van der Waals surface area contributed by atoms with E-state index in [-0.39, 0.29) is 41.4 Å². The molecule has 5 atom stereocenters. The van der Waals surface area contributed by atoms with Crippen LogP contribution in [0.4, 0.5) is 5.69 Å². The summed E-state index contributed by atoms with van der Waals surface area (Å²) in [6.45, 7) is 1.60. The van der Waals surface area contributed by atoms with Crippen LogP contribution in [0.5, 0.6) is 0 Å². The summed E-state index contributed by atoms with van der Waals surface area (Å²) in [5.41, 5.74) is 0.583. The summed E-state index contributed by atoms with van der Waals surface area (Å²) in [5, 5.41) is 3.32. The van der Waals surface area contributed by atoms with E-state index in [2.05, 4.69) is 17.5 Å². The fourth-order valence-electron chi connectivity index (χ4n) is 4.38. The molecule has 1 saturated heterocycles. The summed E-state index contributed by atoms with van der Waals surface area (Å²) in [5.74, 6) is -1.10. The molecule has 4 aliphatic rings. The number of hydrogen-bond donors (Lipinski definition) is 1. The van der Waals surface area contributed by atoms with Crippen molar-refractivity contribution in [2.45, 2.75) is 25.8 Å². The minimum atomic E-state index is -0.833. The van der Waals surface area contributed by atoms with Crippen LogP contribution in [0.1, 0.15) is 19.8 Å². The van der Waals surface area contributed by atoms with E-state index in [9.17, 15) is 14.4 Å². The number of amides is 3. The van der Waals surface area contributed by atoms with E-state index in [0.717, 1.165) is 12.8 Å². The topological polar surface area (TPSA) is 66.5 Å². The number of anilines is 1. The van der Waals surface area contributed by atoms with Crippen LogP contribution >= 0.6 is 11.6 Å². The molecule has 0 spiro atoms. The second-order valence-electron chi connectivity index (χ2n) is 7.06. The molecule has 0 aromatic heterocycles. The molecule has 0 radical (unpaired) electrons. The lowest BCUT2D eigenvalue weighted by molar-refractivity contribution is -0.146. The Bertz CT molecular complexity index is 741. The van der Waals surface area contributed by atoms with Crippen LogP contribution in [0.25, 0.3) is 0 Å². The van der Waals surface area contributed by atoms with E-state index in [1.54, 1.807) is 31.2 Å². The Morgan fingerprint density at radius 2 is 1.60 bits per heavy atom. The largest absolute Gasteiger partial charge is 0.324 e. The van der Waals surface area contributed by atoms with Crippen molar-refractivity contribution < 1.29 is 14.4 Å². The first kappa shape index (κ1) is 16.3. The van der Waals surface area contributed by atoms with Gasteiger partial charge in [0, 0.05) is 10.7 Å². The van der Waals surface area contributed by atoms with Crippen molar-refractivity contribution in [1.29, 1.82) is 0 Å². The summed E-state index contributed by atoms with van der Waals surface area (Å²) >= 11 is 5.84. The molecule has 6 heteroatoms. The first-order valence-electron chi connectivity index (χ1n) is 8.59. The molecule has 5 rings (SSSR count). The highest BCUT2D eigenvalue weighted by Gasteiger charge is 2.58. The molecule has 1 N–H and O–H groups in total. The maximum absolute atomic E-state index is 12.9. The first-order valence-corrected chi connectivity index (χ1v) is 8.97. The quantitative estimate of drug-likeness (QED) is 0.667. The molecule has 25 heavy (non-hydrogen) atoms. The normalized spacial score (nSPS) is 31.2. The number of imide groups is 1. The molecule has 1 aromatic rings. The van der Waals surface area contributed by atoms with Gasteiger partial charge in [0.2, 0.25) is 17.7 Å². The number of rotatable bonds is 3. The number of benzene rings is 1. The fourth-order valence-corrected chi connectivity index (χ4v) is 4.50. The highest BCUT2D eigenvalue weighted by Crippen LogP contribution is 2.49. The van der Waals surface area contributed by atoms with Gasteiger partial charge < -0.3 is 5.32 Å². The van der Waals surface area contributed by atoms with Gasteiger partial charge in [0.15, 0.2) is 0 Å². The summed E-state index contributed by atoms with van der Waals surface area (Å²) in [7, 11) is 0. The monoisotopic (exact) mass is 358 g/mol. The van der Waals surface area contributed by atoms with Gasteiger partial charge in [-0.05, 0) is 55.9 Å². The number of likely N-dealkylation sites (tertiary alicyclic amines) is 1. The third kappa shape index (κ3) is 2.58. The third-order valence-corrected chi connectivity index (χ3v) is 5.92. The Hall–Kier alpha value is -2.14. The average molecular weight is 359 g/mol. The molecule has 5 nitrogen and oxygen atoms in total. The molecule has 130 valence electrons. The molecule has 1 aliphatic heterocycles. The standard InChI is InChI=1S/C19H19ClN2O3/c1-10(17(23)21-14-8-6-13(20)7-9-14)22-18(24)15-11-2-3-12(5-4-11)16(15)19(22)25/h2-3,6-12,15-16H,4-5H2,1H3,(H,21,23)/t10-,11+,12+,15-,16-/m1/s1. The molecule has 3 amide bonds. The summed E-state index contributed by atoms with van der Waals surface area (Å²) in [4.78, 5) is 39.4. The second-order valence-corrected chi connectivity index (χ2v) is 7.50. The lowest BCUT2D eigenvalue weighted by atomic mass is 9.63. The van der Waals surface area contributed by atoms with Crippen molar-refractivity contribution in [2.24, 2.45) is 23.7 Å². The van der Waals surface area contributed by atoms with Gasteiger partial charge in [-0.3, -0.25) is 19.3 Å². The van der Waals surface area contributed by atoms with E-state index in [4.69, 9.17) is 11.6 Å². The maximum atomic E-state index is 12.9. The molecule has 0 unspecified atom stereocenters. The zero-order chi connectivity index (χ0) is 17.7. The number of fused-ring (bicyclic) bond motifs is 1. The van der Waals surface area contributed by atoms with Gasteiger partial charge in [-0.15, -0.1) is 0 Å². The molecule has 1 saturated carbocycles. The molecule has 2 bridgehead atoms. The third-order valence-electron chi connectivity index (χ3n) is 5.67. The van der Waals surface area contributed by atoms with Gasteiger partial charge in [-0.1, -0.05) is 23.8 Å². The van der Waals surface area contributed by atoms with Crippen LogP contribution < -0.4 is 5.32 Å². The van der Waals surface area contributed by atoms with Crippen molar-refractivity contribution in [2.75, 3.05) is 5.32 Å². The van der Waals surface area contributed by atoms with Crippen molar-refractivity contribution in [3.8, 4) is 0 Å². The van der Waals surface area contributed by atoms with E-state index in [1.807, 2.05) is 0 Å². The van der Waals surface area contributed by atoms with Crippen molar-refractivity contribution in [3.63, 3.8) is 0 Å². The SMILES string of the molecule is C[C@H](C(=O)Nc1ccc(Cl)cc1)N1C(=O)[C@H]2[C@H](C1=O)[C@H]1C=C[C@H]2CC1. The van der Waals surface area contributed by atoms with Crippen LogP contribution in [0.3, 0.4) is 0 Å². The summed E-state index contributed by atoms with van der Waals surface area (Å²) < 4.78 is 0. The van der Waals surface area contributed by atoms with E-state index in [0.29, 0.717) is 10.7 Å². The summed E-state index contributed by atoms with van der Waals surface area (Å²) in [6, 6.07) is 5.88. The number of halogens is 1. The van der Waals surface area contributed by atoms with Crippen LogP contribution in [0.15, 0.2) is 36.4 Å². The number of nitrogens with zero attached hydrogens (tertiary/aromatic N) is 1. The van der Waals surface area contributed by atoms with Crippen LogP contribution in [0, 0.1) is 23.7 Å². The minimum Gasteiger partial charge on any atom is -0.324 e. The molecule has 2 fully saturated rings. The Kier molecular flexibility index (Phi) is 3.91. The Morgan fingerprint density at radius 1 is 1.08 bits per heavy atom. The van der Waals surface area contributed by atoms with Gasteiger partial charge in [0.1, 0.15) is 6.04 Å².